The van der Waals surface area contributed by atoms with Gasteiger partial charge in [-0.25, -0.2) is 0 Å². The van der Waals surface area contributed by atoms with Gasteiger partial charge < -0.3 is 0 Å². The summed E-state index contributed by atoms with van der Waals surface area (Å²) in [6.07, 6.45) is 0. The van der Waals surface area contributed by atoms with E-state index >= 15 is 0 Å². The maximum atomic E-state index is 12.6. The molecule has 0 fully saturated rings. The molecule has 0 unspecified atom stereocenters. The van der Waals surface area contributed by atoms with Gasteiger partial charge in [0.05, 0.1) is 0 Å². The first kappa shape index (κ1) is 9.23. The Morgan fingerprint density at radius 1 is 1.17 bits per heavy atom. The van der Waals surface area contributed by atoms with E-state index in [0.29, 0.717) is 12.1 Å². The molecule has 12 heavy (non-hydrogen) atoms. The molecule has 0 aliphatic heterocycles. The molecule has 0 aliphatic carbocycles. The van der Waals surface area contributed by atoms with E-state index < -0.39 is 38.7 Å². The average molecular weight is 190 g/mol. The van der Waals surface area contributed by atoms with E-state index in [2.05, 4.69) is 3.79 Å². The molecular weight excluding hydrogens is 188 g/mol. The Hall–Kier alpha value is -0.858. The molecule has 0 bridgehead atoms. The third-order valence-corrected chi connectivity index (χ3v) is 1.50. The zero-order valence-corrected chi connectivity index (χ0v) is 6.84. The molecule has 62 valence electrons. The van der Waals surface area contributed by atoms with Crippen molar-refractivity contribution in [3.8, 4) is 5.75 Å². The summed E-state index contributed by atoms with van der Waals surface area (Å²) < 4.78 is 51.5. The standard InChI is InChI=1S/C6H3F3O.Al.O/c7-3-1-2-4(8)6(10)5(3)9;;/h1-2,10H;;/q;+1;/p-1. The van der Waals surface area contributed by atoms with Gasteiger partial charge in [-0.3, -0.25) is 0 Å². The van der Waals surface area contributed by atoms with E-state index in [1.807, 2.05) is 0 Å². The maximum absolute atomic E-state index is 12.6. The summed E-state index contributed by atoms with van der Waals surface area (Å²) >= 11 is -1.81. The van der Waals surface area contributed by atoms with Crippen LogP contribution in [0.15, 0.2) is 12.1 Å². The Bertz CT molecular complexity index is 316. The van der Waals surface area contributed by atoms with E-state index in [-0.39, 0.29) is 0 Å². The Balaban J connectivity index is 3.22. The number of hydrogen-bond donors (Lipinski definition) is 0. The third kappa shape index (κ3) is 1.65. The fourth-order valence-electron chi connectivity index (χ4n) is 0.665. The first-order valence-corrected chi connectivity index (χ1v) is 3.85. The molecule has 0 N–H and O–H groups in total. The van der Waals surface area contributed by atoms with Crippen molar-refractivity contribution in [3.63, 3.8) is 0 Å². The predicted octanol–water partition coefficient (Wildman–Crippen LogP) is 1.45. The molecule has 1 rings (SSSR count). The Morgan fingerprint density at radius 3 is 2.33 bits per heavy atom. The summed E-state index contributed by atoms with van der Waals surface area (Å²) in [5, 5.41) is 0. The Labute approximate surface area is 72.2 Å². The van der Waals surface area contributed by atoms with E-state index in [1.54, 1.807) is 0 Å². The van der Waals surface area contributed by atoms with Gasteiger partial charge in [0.25, 0.3) is 0 Å². The van der Waals surface area contributed by atoms with Crippen LogP contribution in [0.5, 0.6) is 5.75 Å². The van der Waals surface area contributed by atoms with Gasteiger partial charge in [-0.15, -0.1) is 0 Å². The van der Waals surface area contributed by atoms with Gasteiger partial charge in [-0.05, 0) is 0 Å². The minimum absolute atomic E-state index is 0.623. The van der Waals surface area contributed by atoms with Gasteiger partial charge in [0.2, 0.25) is 0 Å². The van der Waals surface area contributed by atoms with Crippen molar-refractivity contribution in [2.75, 3.05) is 0 Å². The summed E-state index contributed by atoms with van der Waals surface area (Å²) in [5.74, 6) is -4.70. The molecule has 0 spiro atoms. The fraction of sp³-hybridized carbons (Fsp3) is 0. The van der Waals surface area contributed by atoms with Crippen molar-refractivity contribution in [3.05, 3.63) is 29.6 Å². The van der Waals surface area contributed by atoms with Crippen molar-refractivity contribution in [1.29, 1.82) is 0 Å². The van der Waals surface area contributed by atoms with Crippen molar-refractivity contribution in [2.24, 2.45) is 0 Å². The zero-order valence-electron chi connectivity index (χ0n) is 5.68. The molecule has 0 atom stereocenters. The van der Waals surface area contributed by atoms with Gasteiger partial charge in [0.15, 0.2) is 0 Å². The summed E-state index contributed by atoms with van der Waals surface area (Å²) in [6.45, 7) is 0. The van der Waals surface area contributed by atoms with Crippen LogP contribution in [0.1, 0.15) is 0 Å². The second kappa shape index (κ2) is 3.70. The molecule has 6 heteroatoms. The average Bonchev–Trinajstić information content (AvgIpc) is 2.06. The molecule has 0 amide bonds. The number of benzene rings is 1. The normalized spacial score (nSPS) is 9.25. The van der Waals surface area contributed by atoms with Gasteiger partial charge in [0, 0.05) is 0 Å². The van der Waals surface area contributed by atoms with E-state index in [9.17, 15) is 17.0 Å². The molecule has 0 heterocycles. The van der Waals surface area contributed by atoms with Crippen LogP contribution < -0.4 is 3.79 Å². The first-order valence-electron chi connectivity index (χ1n) is 2.90. The monoisotopic (exact) mass is 190 g/mol. The van der Waals surface area contributed by atoms with Crippen LogP contribution in [0.4, 0.5) is 13.2 Å². The Morgan fingerprint density at radius 2 is 1.75 bits per heavy atom. The van der Waals surface area contributed by atoms with Gasteiger partial charge >= 0.3 is 71.6 Å². The summed E-state index contributed by atoms with van der Waals surface area (Å²) in [6, 6.07) is 1.32. The summed E-state index contributed by atoms with van der Waals surface area (Å²) in [7, 11) is 0. The number of hydrogen-bond acceptors (Lipinski definition) is 2. The predicted molar refractivity (Wildman–Crippen MR) is 33.4 cm³/mol. The quantitative estimate of drug-likeness (QED) is 0.521. The SMILES string of the molecule is [O]=[Al][O]c1c(F)ccc(F)c1F. The van der Waals surface area contributed by atoms with Gasteiger partial charge in [-0.1, -0.05) is 0 Å². The number of halogens is 3. The fourth-order valence-corrected chi connectivity index (χ4v) is 0.977. The molecular formula is C6H2AlF3O2. The van der Waals surface area contributed by atoms with Crippen LogP contribution in [-0.2, 0) is 3.80 Å². The van der Waals surface area contributed by atoms with E-state index in [1.165, 1.54) is 0 Å². The molecule has 0 radical (unpaired) electrons. The first-order chi connectivity index (χ1) is 5.66. The van der Waals surface area contributed by atoms with Crippen LogP contribution in [0.2, 0.25) is 0 Å². The molecule has 0 aliphatic rings. The van der Waals surface area contributed by atoms with Crippen molar-refractivity contribution < 1.29 is 20.8 Å². The molecule has 0 aromatic heterocycles. The summed E-state index contributed by atoms with van der Waals surface area (Å²) in [5.41, 5.74) is 0. The topological polar surface area (TPSA) is 26.3 Å². The Kier molecular flexibility index (Phi) is 2.84. The van der Waals surface area contributed by atoms with Crippen LogP contribution in [-0.4, -0.2) is 15.5 Å². The second-order valence-electron chi connectivity index (χ2n) is 1.89. The van der Waals surface area contributed by atoms with E-state index in [4.69, 9.17) is 0 Å². The molecule has 0 saturated heterocycles. The van der Waals surface area contributed by atoms with Crippen molar-refractivity contribution in [1.82, 2.24) is 0 Å². The molecule has 1 aromatic rings. The van der Waals surface area contributed by atoms with Gasteiger partial charge in [0.1, 0.15) is 0 Å². The van der Waals surface area contributed by atoms with Crippen LogP contribution >= 0.6 is 0 Å². The molecule has 2 nitrogen and oxygen atoms in total. The van der Waals surface area contributed by atoms with E-state index in [0.717, 1.165) is 0 Å². The van der Waals surface area contributed by atoms with Crippen molar-refractivity contribution >= 4 is 15.5 Å². The van der Waals surface area contributed by atoms with Crippen LogP contribution in [0.25, 0.3) is 0 Å². The number of rotatable bonds is 2. The second-order valence-corrected chi connectivity index (χ2v) is 2.31. The molecule has 0 saturated carbocycles. The third-order valence-electron chi connectivity index (χ3n) is 1.17. The zero-order chi connectivity index (χ0) is 9.14. The molecule has 1 aromatic carbocycles. The summed E-state index contributed by atoms with van der Waals surface area (Å²) in [4.78, 5) is 0. The van der Waals surface area contributed by atoms with Crippen LogP contribution in [0, 0.1) is 17.5 Å². The van der Waals surface area contributed by atoms with Crippen molar-refractivity contribution in [2.45, 2.75) is 0 Å². The van der Waals surface area contributed by atoms with Crippen LogP contribution in [0.3, 0.4) is 0 Å². The van der Waals surface area contributed by atoms with Gasteiger partial charge in [-0.2, -0.15) is 0 Å². The minimum atomic E-state index is -1.81.